The molecule has 0 saturated carbocycles. The van der Waals surface area contributed by atoms with Crippen LogP contribution in [0.15, 0.2) is 54.7 Å². The zero-order valence-electron chi connectivity index (χ0n) is 11.4. The van der Waals surface area contributed by atoms with Crippen LogP contribution in [0.5, 0.6) is 0 Å². The van der Waals surface area contributed by atoms with Crippen LogP contribution in [0, 0.1) is 0 Å². The standard InChI is InChI=1S/C18H18N2/c1-2-4-16-15(3-1)12-19-9-8-17(16)13-5-6-18-14(11-13)7-10-20-18/h1-7,10-11,17,19-20H,8-9,12H2. The van der Waals surface area contributed by atoms with Gasteiger partial charge in [-0.15, -0.1) is 0 Å². The summed E-state index contributed by atoms with van der Waals surface area (Å²) in [5.74, 6) is 0.500. The molecule has 0 radical (unpaired) electrons. The van der Waals surface area contributed by atoms with Crippen molar-refractivity contribution in [3.63, 3.8) is 0 Å². The lowest BCUT2D eigenvalue weighted by molar-refractivity contribution is 0.647. The van der Waals surface area contributed by atoms with E-state index in [0.29, 0.717) is 5.92 Å². The first-order valence-corrected chi connectivity index (χ1v) is 7.27. The van der Waals surface area contributed by atoms with Gasteiger partial charge in [0.15, 0.2) is 0 Å². The molecular formula is C18H18N2. The first kappa shape index (κ1) is 11.7. The molecule has 2 N–H and O–H groups in total. The third-order valence-corrected chi connectivity index (χ3v) is 4.34. The molecule has 100 valence electrons. The Balaban J connectivity index is 1.84. The highest BCUT2D eigenvalue weighted by Gasteiger charge is 2.19. The second kappa shape index (κ2) is 4.80. The Morgan fingerprint density at radius 2 is 1.95 bits per heavy atom. The largest absolute Gasteiger partial charge is 0.361 e. The van der Waals surface area contributed by atoms with Crippen LogP contribution < -0.4 is 5.32 Å². The van der Waals surface area contributed by atoms with Gasteiger partial charge in [0, 0.05) is 24.2 Å². The van der Waals surface area contributed by atoms with Crippen LogP contribution in [0.25, 0.3) is 10.9 Å². The molecule has 0 aliphatic carbocycles. The second-order valence-electron chi connectivity index (χ2n) is 5.54. The molecule has 1 atom stereocenters. The fourth-order valence-corrected chi connectivity index (χ4v) is 3.29. The lowest BCUT2D eigenvalue weighted by atomic mass is 9.86. The van der Waals surface area contributed by atoms with E-state index in [9.17, 15) is 0 Å². The van der Waals surface area contributed by atoms with E-state index in [1.54, 1.807) is 0 Å². The third-order valence-electron chi connectivity index (χ3n) is 4.34. The molecule has 3 aromatic rings. The van der Waals surface area contributed by atoms with Crippen molar-refractivity contribution in [3.05, 3.63) is 71.4 Å². The van der Waals surface area contributed by atoms with Crippen molar-refractivity contribution in [3.8, 4) is 0 Å². The van der Waals surface area contributed by atoms with E-state index in [2.05, 4.69) is 58.8 Å². The second-order valence-corrected chi connectivity index (χ2v) is 5.54. The first-order chi connectivity index (χ1) is 9.92. The van der Waals surface area contributed by atoms with Crippen LogP contribution >= 0.6 is 0 Å². The number of H-pyrrole nitrogens is 1. The molecule has 2 nitrogen and oxygen atoms in total. The Bertz CT molecular complexity index is 742. The highest BCUT2D eigenvalue weighted by atomic mass is 14.9. The lowest BCUT2D eigenvalue weighted by Gasteiger charge is -2.18. The maximum atomic E-state index is 3.53. The normalized spacial score (nSPS) is 18.7. The van der Waals surface area contributed by atoms with Gasteiger partial charge in [0.1, 0.15) is 0 Å². The molecule has 0 fully saturated rings. The van der Waals surface area contributed by atoms with Gasteiger partial charge in [-0.3, -0.25) is 0 Å². The lowest BCUT2D eigenvalue weighted by Crippen LogP contribution is -2.12. The van der Waals surface area contributed by atoms with Gasteiger partial charge in [0.05, 0.1) is 0 Å². The third kappa shape index (κ3) is 1.93. The van der Waals surface area contributed by atoms with Crippen molar-refractivity contribution in [1.82, 2.24) is 10.3 Å². The molecule has 1 aromatic heterocycles. The van der Waals surface area contributed by atoms with Gasteiger partial charge < -0.3 is 10.3 Å². The summed E-state index contributed by atoms with van der Waals surface area (Å²) in [6.07, 6.45) is 3.17. The van der Waals surface area contributed by atoms with E-state index >= 15 is 0 Å². The fourth-order valence-electron chi connectivity index (χ4n) is 3.29. The zero-order valence-corrected chi connectivity index (χ0v) is 11.4. The smallest absolute Gasteiger partial charge is 0.0454 e. The first-order valence-electron chi connectivity index (χ1n) is 7.27. The molecule has 2 heteroatoms. The van der Waals surface area contributed by atoms with E-state index in [4.69, 9.17) is 0 Å². The van der Waals surface area contributed by atoms with Crippen LogP contribution in [0.1, 0.15) is 29.0 Å². The topological polar surface area (TPSA) is 27.8 Å². The number of benzene rings is 2. The summed E-state index contributed by atoms with van der Waals surface area (Å²) < 4.78 is 0. The molecule has 1 aliphatic rings. The molecule has 0 saturated heterocycles. The van der Waals surface area contributed by atoms with Gasteiger partial charge in [-0.25, -0.2) is 0 Å². The highest BCUT2D eigenvalue weighted by Crippen LogP contribution is 2.33. The average molecular weight is 262 g/mol. The van der Waals surface area contributed by atoms with E-state index in [1.807, 2.05) is 6.20 Å². The number of aromatic nitrogens is 1. The van der Waals surface area contributed by atoms with Crippen LogP contribution in [-0.2, 0) is 6.54 Å². The van der Waals surface area contributed by atoms with Crippen LogP contribution in [0.4, 0.5) is 0 Å². The van der Waals surface area contributed by atoms with Crippen molar-refractivity contribution < 1.29 is 0 Å². The van der Waals surface area contributed by atoms with E-state index < -0.39 is 0 Å². The van der Waals surface area contributed by atoms with Gasteiger partial charge in [-0.05, 0) is 53.2 Å². The maximum absolute atomic E-state index is 3.53. The van der Waals surface area contributed by atoms with E-state index in [0.717, 1.165) is 19.5 Å². The maximum Gasteiger partial charge on any atom is 0.0454 e. The summed E-state index contributed by atoms with van der Waals surface area (Å²) in [5.41, 5.74) is 5.55. The van der Waals surface area contributed by atoms with Gasteiger partial charge in [-0.2, -0.15) is 0 Å². The molecule has 2 heterocycles. The predicted octanol–water partition coefficient (Wildman–Crippen LogP) is 3.79. The summed E-state index contributed by atoms with van der Waals surface area (Å²) in [5, 5.41) is 4.83. The quantitative estimate of drug-likeness (QED) is 0.686. The Morgan fingerprint density at radius 1 is 1.00 bits per heavy atom. The molecule has 20 heavy (non-hydrogen) atoms. The van der Waals surface area contributed by atoms with Gasteiger partial charge in [0.25, 0.3) is 0 Å². The number of aromatic amines is 1. The minimum Gasteiger partial charge on any atom is -0.361 e. The van der Waals surface area contributed by atoms with Crippen molar-refractivity contribution in [2.75, 3.05) is 6.54 Å². The van der Waals surface area contributed by atoms with E-state index in [-0.39, 0.29) is 0 Å². The average Bonchev–Trinajstić information content (AvgIpc) is 2.85. The highest BCUT2D eigenvalue weighted by molar-refractivity contribution is 5.80. The fraction of sp³-hybridized carbons (Fsp3) is 0.222. The summed E-state index contributed by atoms with van der Waals surface area (Å²) in [7, 11) is 0. The van der Waals surface area contributed by atoms with Crippen molar-refractivity contribution >= 4 is 10.9 Å². The van der Waals surface area contributed by atoms with E-state index in [1.165, 1.54) is 27.6 Å². The predicted molar refractivity (Wildman–Crippen MR) is 82.9 cm³/mol. The molecule has 2 aromatic carbocycles. The van der Waals surface area contributed by atoms with Gasteiger partial charge in [-0.1, -0.05) is 30.3 Å². The van der Waals surface area contributed by atoms with Crippen LogP contribution in [0.3, 0.4) is 0 Å². The SMILES string of the molecule is c1ccc2c(c1)CNCCC2c1ccc2[nH]ccc2c1. The zero-order chi connectivity index (χ0) is 13.4. The summed E-state index contributed by atoms with van der Waals surface area (Å²) in [6, 6.07) is 17.8. The monoisotopic (exact) mass is 262 g/mol. The van der Waals surface area contributed by atoms with Gasteiger partial charge in [0.2, 0.25) is 0 Å². The molecule has 1 unspecified atom stereocenters. The Morgan fingerprint density at radius 3 is 2.95 bits per heavy atom. The Labute approximate surface area is 118 Å². The summed E-state index contributed by atoms with van der Waals surface area (Å²) in [6.45, 7) is 2.06. The van der Waals surface area contributed by atoms with Crippen molar-refractivity contribution in [2.24, 2.45) is 0 Å². The molecule has 1 aliphatic heterocycles. The van der Waals surface area contributed by atoms with Crippen molar-refractivity contribution in [2.45, 2.75) is 18.9 Å². The summed E-state index contributed by atoms with van der Waals surface area (Å²) in [4.78, 5) is 3.27. The van der Waals surface area contributed by atoms with Crippen molar-refractivity contribution in [1.29, 1.82) is 0 Å². The molecule has 0 amide bonds. The van der Waals surface area contributed by atoms with Gasteiger partial charge >= 0.3 is 0 Å². The minimum absolute atomic E-state index is 0.500. The Hall–Kier alpha value is -2.06. The molecule has 4 rings (SSSR count). The summed E-state index contributed by atoms with van der Waals surface area (Å²) >= 11 is 0. The number of hydrogen-bond donors (Lipinski definition) is 2. The molecular weight excluding hydrogens is 244 g/mol. The number of hydrogen-bond acceptors (Lipinski definition) is 1. The van der Waals surface area contributed by atoms with Crippen LogP contribution in [-0.4, -0.2) is 11.5 Å². The van der Waals surface area contributed by atoms with Crippen LogP contribution in [0.2, 0.25) is 0 Å². The minimum atomic E-state index is 0.500. The number of fused-ring (bicyclic) bond motifs is 2. The Kier molecular flexibility index (Phi) is 2.82. The molecule has 0 spiro atoms. The number of nitrogens with one attached hydrogen (secondary N) is 2. The molecule has 0 bridgehead atoms. The number of rotatable bonds is 1.